The number of benzene rings is 3. The van der Waals surface area contributed by atoms with Gasteiger partial charge in [-0.15, -0.1) is 0 Å². The smallest absolute Gasteiger partial charge is 0.255 e. The summed E-state index contributed by atoms with van der Waals surface area (Å²) in [5, 5.41) is 5.19. The van der Waals surface area contributed by atoms with Gasteiger partial charge in [0.15, 0.2) is 0 Å². The van der Waals surface area contributed by atoms with Crippen LogP contribution in [-0.4, -0.2) is 43.1 Å². The largest absolute Gasteiger partial charge is 0.497 e. The van der Waals surface area contributed by atoms with Crippen LogP contribution in [0.4, 0.5) is 0 Å². The van der Waals surface area contributed by atoms with Crippen LogP contribution >= 0.6 is 23.2 Å². The van der Waals surface area contributed by atoms with Crippen LogP contribution in [0.1, 0.15) is 22.5 Å². The molecule has 0 saturated heterocycles. The summed E-state index contributed by atoms with van der Waals surface area (Å²) >= 11 is 12.6. The molecule has 0 radical (unpaired) electrons. The monoisotopic (exact) mass is 598 g/mol. The number of amides is 1. The third kappa shape index (κ3) is 6.74. The summed E-state index contributed by atoms with van der Waals surface area (Å²) in [4.78, 5) is 12.9. The first-order chi connectivity index (χ1) is 19.1. The zero-order valence-electron chi connectivity index (χ0n) is 22.1. The number of sulfonamides is 1. The van der Waals surface area contributed by atoms with Gasteiger partial charge >= 0.3 is 0 Å². The van der Waals surface area contributed by atoms with E-state index >= 15 is 0 Å². The Hall–Kier alpha value is -3.63. The highest BCUT2D eigenvalue weighted by Gasteiger charge is 2.27. The fourth-order valence-corrected chi connectivity index (χ4v) is 5.98. The maximum absolute atomic E-state index is 13.5. The number of nitrogens with one attached hydrogen (secondary N) is 1. The van der Waals surface area contributed by atoms with Crippen molar-refractivity contribution in [3.63, 3.8) is 0 Å². The molecule has 40 heavy (non-hydrogen) atoms. The summed E-state index contributed by atoms with van der Waals surface area (Å²) in [5.74, 6) is -0.0615. The summed E-state index contributed by atoms with van der Waals surface area (Å²) in [6.07, 6.45) is 1.51. The van der Waals surface area contributed by atoms with E-state index in [1.165, 1.54) is 25.5 Å². The third-order valence-corrected chi connectivity index (χ3v) is 8.59. The zero-order valence-corrected chi connectivity index (χ0v) is 24.5. The second-order valence-electron chi connectivity index (χ2n) is 8.99. The minimum Gasteiger partial charge on any atom is -0.497 e. The second kappa shape index (κ2) is 12.7. The molecule has 3 aromatic carbocycles. The number of hydrogen-bond donors (Lipinski definition) is 1. The predicted octanol–water partition coefficient (Wildman–Crippen LogP) is 5.75. The Balaban J connectivity index is 1.53. The number of ether oxygens (including phenoxy) is 1. The van der Waals surface area contributed by atoms with E-state index in [0.29, 0.717) is 15.8 Å². The van der Waals surface area contributed by atoms with Gasteiger partial charge in [-0.1, -0.05) is 53.5 Å². The number of methoxy groups -OCH3 is 1. The SMILES string of the molecule is COc1ccc(S(=O)(=O)N(CC(=O)N/N=C/c2cc(C)n(-c3cc(Cl)ccc3Cl)c2C)Cc2ccccc2)cc1. The fraction of sp³-hybridized carbons (Fsp3) is 0.172. The molecule has 0 aliphatic heterocycles. The van der Waals surface area contributed by atoms with Crippen LogP contribution in [0.15, 0.2) is 88.9 Å². The Bertz CT molecular complexity index is 1640. The minimum absolute atomic E-state index is 0.00782. The van der Waals surface area contributed by atoms with E-state index in [4.69, 9.17) is 27.9 Å². The number of aromatic nitrogens is 1. The highest BCUT2D eigenvalue weighted by atomic mass is 35.5. The van der Waals surface area contributed by atoms with Crippen molar-refractivity contribution >= 4 is 45.3 Å². The summed E-state index contributed by atoms with van der Waals surface area (Å²) in [5.41, 5.74) is 6.41. The topological polar surface area (TPSA) is 93.0 Å². The van der Waals surface area contributed by atoms with Gasteiger partial charge < -0.3 is 9.30 Å². The Morgan fingerprint density at radius 1 is 1.02 bits per heavy atom. The second-order valence-corrected chi connectivity index (χ2v) is 11.8. The normalized spacial score (nSPS) is 11.8. The number of hydrogen-bond acceptors (Lipinski definition) is 5. The van der Waals surface area contributed by atoms with Gasteiger partial charge in [0.2, 0.25) is 10.0 Å². The molecule has 0 atom stereocenters. The Morgan fingerprint density at radius 3 is 2.40 bits per heavy atom. The van der Waals surface area contributed by atoms with Crippen molar-refractivity contribution in [3.8, 4) is 11.4 Å². The van der Waals surface area contributed by atoms with E-state index < -0.39 is 22.5 Å². The van der Waals surface area contributed by atoms with Crippen LogP contribution in [0, 0.1) is 13.8 Å². The number of nitrogens with zero attached hydrogens (tertiary/aromatic N) is 3. The molecule has 0 fully saturated rings. The molecule has 1 N–H and O–H groups in total. The quantitative estimate of drug-likeness (QED) is 0.186. The van der Waals surface area contributed by atoms with E-state index in [9.17, 15) is 13.2 Å². The van der Waals surface area contributed by atoms with Gasteiger partial charge in [-0.2, -0.15) is 9.41 Å². The van der Waals surface area contributed by atoms with E-state index in [0.717, 1.165) is 32.5 Å². The molecule has 4 rings (SSSR count). The van der Waals surface area contributed by atoms with Crippen LogP contribution in [0.2, 0.25) is 10.0 Å². The van der Waals surface area contributed by atoms with E-state index in [1.54, 1.807) is 42.5 Å². The van der Waals surface area contributed by atoms with E-state index in [2.05, 4.69) is 10.5 Å². The van der Waals surface area contributed by atoms with Crippen LogP contribution in [-0.2, 0) is 21.4 Å². The van der Waals surface area contributed by atoms with Gasteiger partial charge in [0.25, 0.3) is 5.91 Å². The first-order valence-electron chi connectivity index (χ1n) is 12.2. The van der Waals surface area contributed by atoms with Crippen LogP contribution in [0.25, 0.3) is 5.69 Å². The molecular formula is C29H28Cl2N4O4S. The van der Waals surface area contributed by atoms with Crippen LogP contribution in [0.5, 0.6) is 5.75 Å². The first-order valence-corrected chi connectivity index (χ1v) is 14.4. The lowest BCUT2D eigenvalue weighted by molar-refractivity contribution is -0.121. The summed E-state index contributed by atoms with van der Waals surface area (Å²) in [7, 11) is -2.51. The first kappa shape index (κ1) is 29.4. The van der Waals surface area contributed by atoms with E-state index in [-0.39, 0.29) is 11.4 Å². The molecule has 0 bridgehead atoms. The minimum atomic E-state index is -4.01. The van der Waals surface area contributed by atoms with Crippen molar-refractivity contribution in [2.75, 3.05) is 13.7 Å². The van der Waals surface area contributed by atoms with Gasteiger partial charge in [-0.25, -0.2) is 13.8 Å². The molecule has 0 aliphatic rings. The highest BCUT2D eigenvalue weighted by molar-refractivity contribution is 7.89. The molecule has 1 amide bonds. The number of halogens is 2. The molecule has 0 spiro atoms. The van der Waals surface area contributed by atoms with Crippen molar-refractivity contribution in [1.29, 1.82) is 0 Å². The lowest BCUT2D eigenvalue weighted by Gasteiger charge is -2.21. The molecule has 208 valence electrons. The molecule has 0 saturated carbocycles. The number of hydrazone groups is 1. The van der Waals surface area contributed by atoms with Gasteiger partial charge in [0.05, 0.1) is 35.5 Å². The van der Waals surface area contributed by atoms with Gasteiger partial charge in [-0.3, -0.25) is 4.79 Å². The molecular weight excluding hydrogens is 571 g/mol. The summed E-state index contributed by atoms with van der Waals surface area (Å²) in [6.45, 7) is 3.40. The molecule has 8 nitrogen and oxygen atoms in total. The maximum Gasteiger partial charge on any atom is 0.255 e. The standard InChI is InChI=1S/C29H28Cl2N4O4S/c1-20-15-23(21(2)35(20)28-16-24(30)9-14-27(28)31)17-32-33-29(36)19-34(18-22-7-5-4-6-8-22)40(37,38)26-12-10-25(39-3)11-13-26/h4-17H,18-19H2,1-3H3,(H,33,36)/b32-17+. The maximum atomic E-state index is 13.5. The summed E-state index contributed by atoms with van der Waals surface area (Å²) in [6, 6.07) is 22.2. The molecule has 1 aromatic heterocycles. The van der Waals surface area contributed by atoms with Gasteiger partial charge in [0, 0.05) is 28.5 Å². The Morgan fingerprint density at radius 2 is 1.73 bits per heavy atom. The summed E-state index contributed by atoms with van der Waals surface area (Å²) < 4.78 is 35.2. The van der Waals surface area contributed by atoms with Gasteiger partial charge in [-0.05, 0) is 67.9 Å². The highest BCUT2D eigenvalue weighted by Crippen LogP contribution is 2.28. The molecule has 0 unspecified atom stereocenters. The average molecular weight is 600 g/mol. The van der Waals surface area contributed by atoms with Crippen molar-refractivity contribution in [1.82, 2.24) is 14.3 Å². The van der Waals surface area contributed by atoms with Crippen molar-refractivity contribution in [2.24, 2.45) is 5.10 Å². The lowest BCUT2D eigenvalue weighted by atomic mass is 10.2. The zero-order chi connectivity index (χ0) is 28.9. The van der Waals surface area contributed by atoms with Crippen molar-refractivity contribution < 1.29 is 17.9 Å². The molecule has 0 aliphatic carbocycles. The van der Waals surface area contributed by atoms with Crippen molar-refractivity contribution in [3.05, 3.63) is 111 Å². The average Bonchev–Trinajstić information content (AvgIpc) is 3.22. The number of carbonyl (C=O) groups is 1. The van der Waals surface area contributed by atoms with Crippen LogP contribution < -0.4 is 10.2 Å². The molecule has 4 aromatic rings. The van der Waals surface area contributed by atoms with Gasteiger partial charge in [0.1, 0.15) is 5.75 Å². The number of aryl methyl sites for hydroxylation is 1. The predicted molar refractivity (Wildman–Crippen MR) is 158 cm³/mol. The fourth-order valence-electron chi connectivity index (χ4n) is 4.23. The third-order valence-electron chi connectivity index (χ3n) is 6.23. The van der Waals surface area contributed by atoms with Crippen molar-refractivity contribution in [2.45, 2.75) is 25.3 Å². The Kier molecular flexibility index (Phi) is 9.32. The molecule has 11 heteroatoms. The lowest BCUT2D eigenvalue weighted by Crippen LogP contribution is -2.39. The molecule has 1 heterocycles. The van der Waals surface area contributed by atoms with Crippen LogP contribution in [0.3, 0.4) is 0 Å². The Labute approximate surface area is 243 Å². The number of rotatable bonds is 10. The van der Waals surface area contributed by atoms with E-state index in [1.807, 2.05) is 42.7 Å². The number of carbonyl (C=O) groups excluding carboxylic acids is 1.